The fourth-order valence-electron chi connectivity index (χ4n) is 4.32. The van der Waals surface area contributed by atoms with Crippen LogP contribution < -0.4 is 21.9 Å². The number of ether oxygens (including phenoxy) is 1. The first-order valence-corrected chi connectivity index (χ1v) is 11.5. The van der Waals surface area contributed by atoms with Gasteiger partial charge in [0.05, 0.1) is 0 Å². The van der Waals surface area contributed by atoms with Gasteiger partial charge >= 0.3 is 0 Å². The van der Waals surface area contributed by atoms with Crippen molar-refractivity contribution in [2.75, 3.05) is 0 Å². The van der Waals surface area contributed by atoms with Crippen molar-refractivity contribution in [3.05, 3.63) is 23.3 Å². The SMILES string of the molecule is Cc1cc(O)cc2c1O[C@](N)(CCC[C@H](N)CCC[C@H](N)CCCC(C)C)CC2. The van der Waals surface area contributed by atoms with Crippen LogP contribution in [-0.4, -0.2) is 22.9 Å². The molecular formula is C24H43N3O2. The Kier molecular flexibility index (Phi) is 9.25. The fraction of sp³-hybridized carbons (Fsp3) is 0.750. The number of fused-ring (bicyclic) bond motifs is 1. The molecule has 0 unspecified atom stereocenters. The second kappa shape index (κ2) is 11.2. The molecule has 1 aromatic rings. The summed E-state index contributed by atoms with van der Waals surface area (Å²) in [6, 6.07) is 4.03. The lowest BCUT2D eigenvalue weighted by Gasteiger charge is -2.36. The van der Waals surface area contributed by atoms with Crippen molar-refractivity contribution in [1.82, 2.24) is 0 Å². The molecule has 0 saturated heterocycles. The van der Waals surface area contributed by atoms with E-state index < -0.39 is 5.72 Å². The van der Waals surface area contributed by atoms with Gasteiger partial charge in [-0.2, -0.15) is 0 Å². The molecule has 5 heteroatoms. The Bertz CT molecular complexity index is 635. The molecule has 1 aliphatic heterocycles. The Balaban J connectivity index is 1.65. The lowest BCUT2D eigenvalue weighted by Crippen LogP contribution is -2.48. The summed E-state index contributed by atoms with van der Waals surface area (Å²) in [7, 11) is 0. The zero-order valence-corrected chi connectivity index (χ0v) is 18.8. The van der Waals surface area contributed by atoms with Crippen LogP contribution in [-0.2, 0) is 6.42 Å². The molecule has 166 valence electrons. The van der Waals surface area contributed by atoms with Gasteiger partial charge in [-0.25, -0.2) is 0 Å². The van der Waals surface area contributed by atoms with Gasteiger partial charge in [0.1, 0.15) is 11.5 Å². The molecule has 0 aromatic heterocycles. The molecule has 1 aromatic carbocycles. The maximum absolute atomic E-state index is 9.76. The molecular weight excluding hydrogens is 362 g/mol. The third-order valence-corrected chi connectivity index (χ3v) is 6.14. The highest BCUT2D eigenvalue weighted by Gasteiger charge is 2.33. The molecule has 0 saturated carbocycles. The zero-order chi connectivity index (χ0) is 21.4. The molecule has 0 fully saturated rings. The molecule has 7 N–H and O–H groups in total. The number of phenols is 1. The molecule has 0 aliphatic carbocycles. The molecule has 29 heavy (non-hydrogen) atoms. The number of aryl methyl sites for hydroxylation is 2. The predicted molar refractivity (Wildman–Crippen MR) is 121 cm³/mol. The lowest BCUT2D eigenvalue weighted by molar-refractivity contribution is 0.0398. The van der Waals surface area contributed by atoms with Gasteiger partial charge < -0.3 is 21.3 Å². The van der Waals surface area contributed by atoms with E-state index in [2.05, 4.69) is 13.8 Å². The van der Waals surface area contributed by atoms with Crippen molar-refractivity contribution in [3.8, 4) is 11.5 Å². The van der Waals surface area contributed by atoms with Crippen molar-refractivity contribution in [1.29, 1.82) is 0 Å². The van der Waals surface area contributed by atoms with E-state index in [-0.39, 0.29) is 6.04 Å². The van der Waals surface area contributed by atoms with Crippen LogP contribution >= 0.6 is 0 Å². The van der Waals surface area contributed by atoms with E-state index in [9.17, 15) is 5.11 Å². The highest BCUT2D eigenvalue weighted by atomic mass is 16.5. The Morgan fingerprint density at radius 1 is 1.00 bits per heavy atom. The zero-order valence-electron chi connectivity index (χ0n) is 18.8. The Hall–Kier alpha value is -1.30. The first kappa shape index (κ1) is 24.0. The van der Waals surface area contributed by atoms with Gasteiger partial charge in [-0.05, 0) is 74.6 Å². The number of benzene rings is 1. The Morgan fingerprint density at radius 3 is 2.21 bits per heavy atom. The van der Waals surface area contributed by atoms with Crippen molar-refractivity contribution < 1.29 is 9.84 Å². The third kappa shape index (κ3) is 8.15. The Labute approximate surface area is 177 Å². The first-order chi connectivity index (χ1) is 13.7. The van der Waals surface area contributed by atoms with Crippen LogP contribution in [0.3, 0.4) is 0 Å². The fourth-order valence-corrected chi connectivity index (χ4v) is 4.32. The lowest BCUT2D eigenvalue weighted by atomic mass is 9.91. The second-order valence-corrected chi connectivity index (χ2v) is 9.59. The standard InChI is InChI=1S/C24H43N3O2/c1-17(2)7-4-8-20(25)9-5-10-21(26)11-6-13-24(27)14-12-19-16-22(28)15-18(3)23(19)29-24/h15-17,20-21,28H,4-14,25-27H2,1-3H3/t20-,21-,24-/m1/s1. The van der Waals surface area contributed by atoms with Gasteiger partial charge in [-0.1, -0.05) is 33.1 Å². The van der Waals surface area contributed by atoms with E-state index in [1.54, 1.807) is 12.1 Å². The van der Waals surface area contributed by atoms with Crippen LogP contribution in [0.1, 0.15) is 89.2 Å². The molecule has 0 amide bonds. The van der Waals surface area contributed by atoms with Gasteiger partial charge in [0.2, 0.25) is 0 Å². The van der Waals surface area contributed by atoms with E-state index in [4.69, 9.17) is 21.9 Å². The normalized spacial score (nSPS) is 20.9. The minimum Gasteiger partial charge on any atom is -0.508 e. The van der Waals surface area contributed by atoms with Crippen molar-refractivity contribution in [2.24, 2.45) is 23.1 Å². The second-order valence-electron chi connectivity index (χ2n) is 9.59. The summed E-state index contributed by atoms with van der Waals surface area (Å²) in [5, 5.41) is 9.76. The maximum atomic E-state index is 9.76. The van der Waals surface area contributed by atoms with Gasteiger partial charge in [0, 0.05) is 24.9 Å². The van der Waals surface area contributed by atoms with Gasteiger partial charge in [0.25, 0.3) is 0 Å². The summed E-state index contributed by atoms with van der Waals surface area (Å²) in [6.45, 7) is 6.48. The van der Waals surface area contributed by atoms with Crippen LogP contribution in [0.5, 0.6) is 11.5 Å². The van der Waals surface area contributed by atoms with Crippen molar-refractivity contribution in [2.45, 2.75) is 109 Å². The van der Waals surface area contributed by atoms with Crippen LogP contribution in [0, 0.1) is 12.8 Å². The average molecular weight is 406 g/mol. The highest BCUT2D eigenvalue weighted by molar-refractivity contribution is 5.47. The molecule has 0 bridgehead atoms. The van der Waals surface area contributed by atoms with Crippen LogP contribution in [0.4, 0.5) is 0 Å². The van der Waals surface area contributed by atoms with Gasteiger partial charge in [-0.3, -0.25) is 5.73 Å². The van der Waals surface area contributed by atoms with Gasteiger partial charge in [0.15, 0.2) is 5.72 Å². The van der Waals surface area contributed by atoms with Crippen LogP contribution in [0.2, 0.25) is 0 Å². The maximum Gasteiger partial charge on any atom is 0.158 e. The van der Waals surface area contributed by atoms with E-state index in [1.165, 1.54) is 12.8 Å². The average Bonchev–Trinajstić information content (AvgIpc) is 2.62. The van der Waals surface area contributed by atoms with Crippen molar-refractivity contribution >= 4 is 0 Å². The number of aromatic hydroxyl groups is 1. The summed E-state index contributed by atoms with van der Waals surface area (Å²) in [5.74, 6) is 1.89. The van der Waals surface area contributed by atoms with Crippen LogP contribution in [0.25, 0.3) is 0 Å². The van der Waals surface area contributed by atoms with E-state index in [0.717, 1.165) is 80.6 Å². The molecule has 3 atom stereocenters. The number of rotatable bonds is 12. The summed E-state index contributed by atoms with van der Waals surface area (Å²) in [5.41, 5.74) is 20.4. The van der Waals surface area contributed by atoms with Gasteiger partial charge in [-0.15, -0.1) is 0 Å². The summed E-state index contributed by atoms with van der Waals surface area (Å²) >= 11 is 0. The molecule has 0 spiro atoms. The molecule has 0 radical (unpaired) electrons. The van der Waals surface area contributed by atoms with E-state index in [1.807, 2.05) is 6.92 Å². The number of phenolic OH excluding ortho intramolecular Hbond substituents is 1. The molecule has 2 rings (SSSR count). The van der Waals surface area contributed by atoms with Crippen LogP contribution in [0.15, 0.2) is 12.1 Å². The van der Waals surface area contributed by atoms with E-state index in [0.29, 0.717) is 11.8 Å². The third-order valence-electron chi connectivity index (χ3n) is 6.14. The van der Waals surface area contributed by atoms with E-state index >= 15 is 0 Å². The monoisotopic (exact) mass is 405 g/mol. The molecule has 1 heterocycles. The van der Waals surface area contributed by atoms with Crippen molar-refractivity contribution in [3.63, 3.8) is 0 Å². The highest BCUT2D eigenvalue weighted by Crippen LogP contribution is 2.38. The molecule has 5 nitrogen and oxygen atoms in total. The quantitative estimate of drug-likeness (QED) is 0.409. The Morgan fingerprint density at radius 2 is 1.59 bits per heavy atom. The number of hydrogen-bond donors (Lipinski definition) is 4. The smallest absolute Gasteiger partial charge is 0.158 e. The largest absolute Gasteiger partial charge is 0.508 e. The first-order valence-electron chi connectivity index (χ1n) is 11.5. The molecule has 1 aliphatic rings. The topological polar surface area (TPSA) is 108 Å². The minimum absolute atomic E-state index is 0.205. The predicted octanol–water partition coefficient (Wildman–Crippen LogP) is 4.50. The summed E-state index contributed by atoms with van der Waals surface area (Å²) in [4.78, 5) is 0. The number of hydrogen-bond acceptors (Lipinski definition) is 5. The summed E-state index contributed by atoms with van der Waals surface area (Å²) < 4.78 is 6.16. The number of nitrogens with two attached hydrogens (primary N) is 3. The minimum atomic E-state index is -0.632. The summed E-state index contributed by atoms with van der Waals surface area (Å²) in [6.07, 6.45) is 11.1.